The van der Waals surface area contributed by atoms with Crippen LogP contribution in [-0.4, -0.2) is 22.4 Å². The van der Waals surface area contributed by atoms with E-state index in [1.165, 1.54) is 0 Å². The average Bonchev–Trinajstić information content (AvgIpc) is 2.63. The van der Waals surface area contributed by atoms with E-state index in [4.69, 9.17) is 0 Å². The van der Waals surface area contributed by atoms with Gasteiger partial charge < -0.3 is 0 Å². The fraction of sp³-hybridized carbons (Fsp3) is 0.0526. The second kappa shape index (κ2) is 20.3. The van der Waals surface area contributed by atoms with Gasteiger partial charge in [-0.25, -0.2) is 0 Å². The Kier molecular flexibility index (Phi) is 24.9. The van der Waals surface area contributed by atoms with Crippen LogP contribution in [0.5, 0.6) is 0 Å². The fourth-order valence-corrected chi connectivity index (χ4v) is 1.98. The number of benzene rings is 1. The van der Waals surface area contributed by atoms with E-state index in [-0.39, 0.29) is 83.8 Å². The predicted octanol–water partition coefficient (Wildman–Crippen LogP) is 5.85. The third-order valence-electron chi connectivity index (χ3n) is 3.15. The van der Waals surface area contributed by atoms with Crippen molar-refractivity contribution < 1.29 is 34.1 Å². The molecule has 0 bridgehead atoms. The van der Waals surface area contributed by atoms with Gasteiger partial charge in [0.15, 0.2) is 0 Å². The smallest absolute Gasteiger partial charge is 0.0812 e. The minimum absolute atomic E-state index is 0. The molecule has 0 spiro atoms. The van der Waals surface area contributed by atoms with Crippen LogP contribution < -0.4 is 0 Å². The molecule has 0 aliphatic rings. The average molecular weight is 573 g/mol. The molecule has 2 radical (unpaired) electrons. The first-order valence-corrected chi connectivity index (χ1v) is 7.38. The van der Waals surface area contributed by atoms with E-state index in [9.17, 15) is 0 Å². The molecule has 0 saturated heterocycles. The molecular formula is C19H20Cl4Cu2N4. The van der Waals surface area contributed by atoms with Gasteiger partial charge >= 0.3 is 0 Å². The third-order valence-corrected chi connectivity index (χ3v) is 3.15. The molecule has 166 valence electrons. The van der Waals surface area contributed by atoms with Crippen molar-refractivity contribution in [2.24, 2.45) is 9.98 Å². The van der Waals surface area contributed by atoms with Crippen molar-refractivity contribution in [3.8, 4) is 0 Å². The Labute approximate surface area is 217 Å². The molecule has 0 amide bonds. The minimum Gasteiger partial charge on any atom is -0.261 e. The summed E-state index contributed by atoms with van der Waals surface area (Å²) in [6, 6.07) is 19.4. The molecule has 0 N–H and O–H groups in total. The van der Waals surface area contributed by atoms with Crippen LogP contribution in [0.1, 0.15) is 11.4 Å². The Morgan fingerprint density at radius 1 is 0.655 bits per heavy atom. The SMILES string of the molecule is C(Cc1ccccn1)=Nc1ccc(N=Cc2ccccn2)cc1.Cl.Cl.Cl.Cl.[Cu].[Cu]. The van der Waals surface area contributed by atoms with Gasteiger partial charge in [0.2, 0.25) is 0 Å². The fourth-order valence-electron chi connectivity index (χ4n) is 1.98. The van der Waals surface area contributed by atoms with E-state index in [2.05, 4.69) is 20.0 Å². The number of rotatable bonds is 5. The number of halogens is 4. The largest absolute Gasteiger partial charge is 0.261 e. The first-order chi connectivity index (χ1) is 11.4. The second-order valence-corrected chi connectivity index (χ2v) is 4.87. The summed E-state index contributed by atoms with van der Waals surface area (Å²) in [5.41, 5.74) is 3.62. The van der Waals surface area contributed by atoms with E-state index >= 15 is 0 Å². The molecule has 2 aromatic heterocycles. The van der Waals surface area contributed by atoms with Crippen LogP contribution in [0.4, 0.5) is 11.4 Å². The van der Waals surface area contributed by atoms with E-state index in [0.717, 1.165) is 29.2 Å². The van der Waals surface area contributed by atoms with Crippen molar-refractivity contribution in [2.75, 3.05) is 0 Å². The Balaban J connectivity index is -0.000000521. The molecule has 0 atom stereocenters. The van der Waals surface area contributed by atoms with Gasteiger partial charge in [0, 0.05) is 64.9 Å². The van der Waals surface area contributed by atoms with Crippen LogP contribution in [0, 0.1) is 0 Å². The van der Waals surface area contributed by atoms with Gasteiger partial charge in [-0.1, -0.05) is 12.1 Å². The van der Waals surface area contributed by atoms with E-state index < -0.39 is 0 Å². The van der Waals surface area contributed by atoms with E-state index in [1.54, 1.807) is 18.6 Å². The Morgan fingerprint density at radius 3 is 1.72 bits per heavy atom. The molecular weight excluding hydrogens is 553 g/mol. The van der Waals surface area contributed by atoms with Gasteiger partial charge in [0.25, 0.3) is 0 Å². The number of aliphatic imine (C=N–C) groups is 2. The van der Waals surface area contributed by atoms with Gasteiger partial charge in [-0.3, -0.25) is 20.0 Å². The summed E-state index contributed by atoms with van der Waals surface area (Å²) in [4.78, 5) is 17.3. The Bertz CT molecular complexity index is 805. The zero-order valence-electron chi connectivity index (χ0n) is 14.8. The predicted molar refractivity (Wildman–Crippen MR) is 123 cm³/mol. The van der Waals surface area contributed by atoms with Crippen molar-refractivity contribution in [1.82, 2.24) is 9.97 Å². The number of hydrogen-bond acceptors (Lipinski definition) is 4. The molecule has 3 rings (SSSR count). The van der Waals surface area contributed by atoms with Crippen LogP contribution in [0.2, 0.25) is 0 Å². The molecule has 10 heteroatoms. The zero-order chi connectivity index (χ0) is 15.7. The summed E-state index contributed by atoms with van der Waals surface area (Å²) < 4.78 is 0. The monoisotopic (exact) mass is 570 g/mol. The summed E-state index contributed by atoms with van der Waals surface area (Å²) in [5, 5.41) is 0. The van der Waals surface area contributed by atoms with Gasteiger partial charge in [0.05, 0.1) is 23.3 Å². The summed E-state index contributed by atoms with van der Waals surface area (Å²) in [6.45, 7) is 0. The number of pyridine rings is 2. The topological polar surface area (TPSA) is 50.5 Å². The number of nitrogens with zero attached hydrogens (tertiary/aromatic N) is 4. The first kappa shape index (κ1) is 35.5. The maximum atomic E-state index is 4.43. The molecule has 0 fully saturated rings. The summed E-state index contributed by atoms with van der Waals surface area (Å²) in [7, 11) is 0. The standard InChI is InChI=1S/C19H16N4.4ClH.2Cu/c1-3-12-20-16(5-1)11-14-22-17-7-9-18(10-8-17)23-15-19-6-2-4-13-21-19;;;;;;/h1-10,12-15H,11H2;4*1H;;. The van der Waals surface area contributed by atoms with Crippen molar-refractivity contribution in [1.29, 1.82) is 0 Å². The van der Waals surface area contributed by atoms with E-state index in [0.29, 0.717) is 0 Å². The van der Waals surface area contributed by atoms with Gasteiger partial charge in [-0.2, -0.15) is 0 Å². The van der Waals surface area contributed by atoms with Gasteiger partial charge in [-0.15, -0.1) is 49.6 Å². The molecule has 29 heavy (non-hydrogen) atoms. The summed E-state index contributed by atoms with van der Waals surface area (Å²) in [6.07, 6.45) is 7.88. The normalized spacial score (nSPS) is 8.97. The minimum atomic E-state index is 0. The molecule has 0 aliphatic heterocycles. The third kappa shape index (κ3) is 13.1. The summed E-state index contributed by atoms with van der Waals surface area (Å²) in [5.74, 6) is 0. The molecule has 2 heterocycles. The molecule has 0 unspecified atom stereocenters. The Morgan fingerprint density at radius 2 is 1.21 bits per heavy atom. The Hall–Kier alpha value is -0.941. The molecule has 1 aromatic carbocycles. The van der Waals surface area contributed by atoms with Crippen molar-refractivity contribution in [3.05, 3.63) is 84.4 Å². The van der Waals surface area contributed by atoms with Crippen molar-refractivity contribution >= 4 is 73.4 Å². The molecule has 0 aliphatic carbocycles. The van der Waals surface area contributed by atoms with Crippen molar-refractivity contribution in [2.45, 2.75) is 6.42 Å². The van der Waals surface area contributed by atoms with Crippen LogP contribution >= 0.6 is 49.6 Å². The maximum Gasteiger partial charge on any atom is 0.0812 e. The zero-order valence-corrected chi connectivity index (χ0v) is 20.0. The van der Waals surface area contributed by atoms with Gasteiger partial charge in [0.1, 0.15) is 0 Å². The molecule has 3 aromatic rings. The second-order valence-electron chi connectivity index (χ2n) is 4.87. The summed E-state index contributed by atoms with van der Waals surface area (Å²) >= 11 is 0. The van der Waals surface area contributed by atoms with Crippen LogP contribution in [-0.2, 0) is 40.6 Å². The number of hydrogen-bond donors (Lipinski definition) is 0. The number of aromatic nitrogens is 2. The van der Waals surface area contributed by atoms with Crippen LogP contribution in [0.15, 0.2) is 83.0 Å². The van der Waals surface area contributed by atoms with Gasteiger partial charge in [-0.05, 0) is 48.5 Å². The van der Waals surface area contributed by atoms with Crippen LogP contribution in [0.3, 0.4) is 0 Å². The van der Waals surface area contributed by atoms with E-state index in [1.807, 2.05) is 66.9 Å². The first-order valence-electron chi connectivity index (χ1n) is 7.38. The van der Waals surface area contributed by atoms with Crippen LogP contribution in [0.25, 0.3) is 0 Å². The van der Waals surface area contributed by atoms with Crippen molar-refractivity contribution in [3.63, 3.8) is 0 Å². The quantitative estimate of drug-likeness (QED) is 0.284. The molecule has 0 saturated carbocycles. The maximum absolute atomic E-state index is 4.43. The molecule has 4 nitrogen and oxygen atoms in total.